The summed E-state index contributed by atoms with van der Waals surface area (Å²) < 4.78 is 13.8. The van der Waals surface area contributed by atoms with Gasteiger partial charge in [0.25, 0.3) is 0 Å². The Kier molecular flexibility index (Phi) is 4.90. The summed E-state index contributed by atoms with van der Waals surface area (Å²) >= 11 is 0. The number of aromatic nitrogens is 1. The molecule has 0 saturated carbocycles. The van der Waals surface area contributed by atoms with Crippen molar-refractivity contribution in [2.75, 3.05) is 6.54 Å². The van der Waals surface area contributed by atoms with E-state index in [0.29, 0.717) is 13.0 Å². The molecule has 1 aliphatic rings. The van der Waals surface area contributed by atoms with Gasteiger partial charge in [-0.05, 0) is 55.6 Å². The zero-order valence-corrected chi connectivity index (χ0v) is 13.7. The summed E-state index contributed by atoms with van der Waals surface area (Å²) in [5.41, 5.74) is 2.50. The van der Waals surface area contributed by atoms with Gasteiger partial charge >= 0.3 is 5.97 Å². The van der Waals surface area contributed by atoms with Crippen molar-refractivity contribution in [1.82, 2.24) is 9.88 Å². The van der Waals surface area contributed by atoms with Gasteiger partial charge in [-0.25, -0.2) is 4.39 Å². The summed E-state index contributed by atoms with van der Waals surface area (Å²) in [6.45, 7) is 2.61. The molecule has 1 aromatic heterocycles. The van der Waals surface area contributed by atoms with Crippen LogP contribution in [0.1, 0.15) is 42.1 Å². The number of benzene rings is 1. The Hall–Kier alpha value is -2.27. The number of rotatable bonds is 4. The molecule has 0 aliphatic carbocycles. The van der Waals surface area contributed by atoms with Gasteiger partial charge in [-0.2, -0.15) is 0 Å². The van der Waals surface area contributed by atoms with Crippen LogP contribution in [0, 0.1) is 12.7 Å². The maximum absolute atomic E-state index is 13.8. The number of carboxylic acid groups (broad SMARTS) is 1. The SMILES string of the molecule is Cc1cccnc1C(c1cccc(F)c1)N1CCCCC1C(=O)O. The lowest BCUT2D eigenvalue weighted by molar-refractivity contribution is -0.145. The minimum absolute atomic E-state index is 0.324. The highest BCUT2D eigenvalue weighted by Crippen LogP contribution is 2.34. The van der Waals surface area contributed by atoms with Gasteiger partial charge in [-0.3, -0.25) is 14.7 Å². The third kappa shape index (κ3) is 3.31. The molecule has 2 unspecified atom stereocenters. The lowest BCUT2D eigenvalue weighted by atomic mass is 9.92. The molecule has 1 aliphatic heterocycles. The van der Waals surface area contributed by atoms with Gasteiger partial charge in [0.2, 0.25) is 0 Å². The van der Waals surface area contributed by atoms with Crippen LogP contribution in [0.15, 0.2) is 42.6 Å². The Morgan fingerprint density at radius 1 is 1.33 bits per heavy atom. The lowest BCUT2D eigenvalue weighted by Gasteiger charge is -2.39. The van der Waals surface area contributed by atoms with Gasteiger partial charge in [-0.15, -0.1) is 0 Å². The Labute approximate surface area is 141 Å². The molecule has 1 saturated heterocycles. The van der Waals surface area contributed by atoms with Crippen molar-refractivity contribution in [3.8, 4) is 0 Å². The zero-order chi connectivity index (χ0) is 17.1. The molecular formula is C19H21FN2O2. The van der Waals surface area contributed by atoms with E-state index < -0.39 is 12.0 Å². The third-order valence-electron chi connectivity index (χ3n) is 4.63. The van der Waals surface area contributed by atoms with Crippen molar-refractivity contribution < 1.29 is 14.3 Å². The number of pyridine rings is 1. The number of hydrogen-bond acceptors (Lipinski definition) is 3. The minimum atomic E-state index is -0.829. The highest BCUT2D eigenvalue weighted by molar-refractivity contribution is 5.73. The maximum Gasteiger partial charge on any atom is 0.320 e. The van der Waals surface area contributed by atoms with Crippen LogP contribution in [-0.2, 0) is 4.79 Å². The van der Waals surface area contributed by atoms with Crippen LogP contribution in [0.5, 0.6) is 0 Å². The number of carboxylic acids is 1. The van der Waals surface area contributed by atoms with Crippen LogP contribution < -0.4 is 0 Å². The second-order valence-electron chi connectivity index (χ2n) is 6.25. The van der Waals surface area contributed by atoms with Gasteiger partial charge in [0.05, 0.1) is 11.7 Å². The molecule has 2 atom stereocenters. The second-order valence-corrected chi connectivity index (χ2v) is 6.25. The van der Waals surface area contributed by atoms with Crippen molar-refractivity contribution in [1.29, 1.82) is 0 Å². The van der Waals surface area contributed by atoms with Crippen molar-refractivity contribution >= 4 is 5.97 Å². The molecule has 3 rings (SSSR count). The van der Waals surface area contributed by atoms with Gasteiger partial charge in [-0.1, -0.05) is 24.6 Å². The van der Waals surface area contributed by atoms with Crippen LogP contribution in [0.2, 0.25) is 0 Å². The van der Waals surface area contributed by atoms with Crippen LogP contribution in [0.25, 0.3) is 0 Å². The van der Waals surface area contributed by atoms with Crippen LogP contribution in [0.3, 0.4) is 0 Å². The average Bonchev–Trinajstić information content (AvgIpc) is 2.57. The molecule has 0 bridgehead atoms. The molecule has 1 aromatic carbocycles. The van der Waals surface area contributed by atoms with Crippen LogP contribution in [0.4, 0.5) is 4.39 Å². The van der Waals surface area contributed by atoms with Gasteiger partial charge in [0.1, 0.15) is 11.9 Å². The number of halogens is 1. The van der Waals surface area contributed by atoms with Gasteiger partial charge in [0, 0.05) is 6.20 Å². The number of piperidine rings is 1. The third-order valence-corrected chi connectivity index (χ3v) is 4.63. The van der Waals surface area contributed by atoms with E-state index in [2.05, 4.69) is 4.98 Å². The summed E-state index contributed by atoms with van der Waals surface area (Å²) in [6.07, 6.45) is 4.13. The molecule has 5 heteroatoms. The molecular weight excluding hydrogens is 307 g/mol. The first kappa shape index (κ1) is 16.6. The molecule has 1 N–H and O–H groups in total. The van der Waals surface area contributed by atoms with Crippen LogP contribution >= 0.6 is 0 Å². The molecule has 0 amide bonds. The smallest absolute Gasteiger partial charge is 0.320 e. The van der Waals surface area contributed by atoms with Crippen molar-refractivity contribution in [2.24, 2.45) is 0 Å². The van der Waals surface area contributed by atoms with E-state index in [0.717, 1.165) is 29.7 Å². The first-order valence-electron chi connectivity index (χ1n) is 8.23. The molecule has 0 spiro atoms. The fraction of sp³-hybridized carbons (Fsp3) is 0.368. The average molecular weight is 328 g/mol. The molecule has 0 radical (unpaired) electrons. The monoisotopic (exact) mass is 328 g/mol. The predicted octanol–water partition coefficient (Wildman–Crippen LogP) is 3.56. The Bertz CT molecular complexity index is 735. The molecule has 126 valence electrons. The maximum atomic E-state index is 13.8. The number of aryl methyl sites for hydroxylation is 1. The summed E-state index contributed by atoms with van der Waals surface area (Å²) in [6, 6.07) is 9.26. The number of aliphatic carboxylic acids is 1. The van der Waals surface area contributed by atoms with E-state index in [1.807, 2.05) is 30.0 Å². The van der Waals surface area contributed by atoms with E-state index >= 15 is 0 Å². The molecule has 2 heterocycles. The number of likely N-dealkylation sites (tertiary alicyclic amines) is 1. The molecule has 24 heavy (non-hydrogen) atoms. The molecule has 2 aromatic rings. The fourth-order valence-electron chi connectivity index (χ4n) is 3.50. The number of carbonyl (C=O) groups is 1. The zero-order valence-electron chi connectivity index (χ0n) is 13.7. The quantitative estimate of drug-likeness (QED) is 0.932. The summed E-state index contributed by atoms with van der Waals surface area (Å²) in [5, 5.41) is 9.64. The Morgan fingerprint density at radius 2 is 2.17 bits per heavy atom. The highest BCUT2D eigenvalue weighted by Gasteiger charge is 2.36. The van der Waals surface area contributed by atoms with Crippen molar-refractivity contribution in [3.63, 3.8) is 0 Å². The summed E-state index contributed by atoms with van der Waals surface area (Å²) in [7, 11) is 0. The summed E-state index contributed by atoms with van der Waals surface area (Å²) in [5.74, 6) is -1.15. The largest absolute Gasteiger partial charge is 0.480 e. The second kappa shape index (κ2) is 7.09. The van der Waals surface area contributed by atoms with E-state index in [9.17, 15) is 14.3 Å². The number of nitrogens with zero attached hydrogens (tertiary/aromatic N) is 2. The standard InChI is InChI=1S/C19H21FN2O2/c1-13-6-5-10-21-17(13)18(14-7-4-8-15(20)12-14)22-11-3-2-9-16(22)19(23)24/h4-8,10,12,16,18H,2-3,9,11H2,1H3,(H,23,24). The minimum Gasteiger partial charge on any atom is -0.480 e. The molecule has 4 nitrogen and oxygen atoms in total. The van der Waals surface area contributed by atoms with E-state index in [1.54, 1.807) is 12.3 Å². The van der Waals surface area contributed by atoms with E-state index in [4.69, 9.17) is 0 Å². The highest BCUT2D eigenvalue weighted by atomic mass is 19.1. The normalized spacial score (nSPS) is 19.8. The summed E-state index contributed by atoms with van der Waals surface area (Å²) in [4.78, 5) is 18.2. The Morgan fingerprint density at radius 3 is 2.88 bits per heavy atom. The van der Waals surface area contributed by atoms with Gasteiger partial charge in [0.15, 0.2) is 0 Å². The van der Waals surface area contributed by atoms with Crippen molar-refractivity contribution in [3.05, 3.63) is 65.2 Å². The first-order chi connectivity index (χ1) is 11.6. The van der Waals surface area contributed by atoms with Crippen LogP contribution in [-0.4, -0.2) is 33.5 Å². The first-order valence-corrected chi connectivity index (χ1v) is 8.23. The van der Waals surface area contributed by atoms with Gasteiger partial charge < -0.3 is 5.11 Å². The van der Waals surface area contributed by atoms with E-state index in [1.165, 1.54) is 12.1 Å². The number of hydrogen-bond donors (Lipinski definition) is 1. The lowest BCUT2D eigenvalue weighted by Crippen LogP contribution is -2.47. The van der Waals surface area contributed by atoms with E-state index in [-0.39, 0.29) is 11.9 Å². The fourth-order valence-corrected chi connectivity index (χ4v) is 3.50. The molecule has 1 fully saturated rings. The predicted molar refractivity (Wildman–Crippen MR) is 89.2 cm³/mol. The topological polar surface area (TPSA) is 53.4 Å². The Balaban J connectivity index is 2.11. The van der Waals surface area contributed by atoms with Crippen molar-refractivity contribution in [2.45, 2.75) is 38.3 Å².